The van der Waals surface area contributed by atoms with E-state index in [0.29, 0.717) is 24.5 Å². The second-order valence-electron chi connectivity index (χ2n) is 8.81. The van der Waals surface area contributed by atoms with Crippen molar-refractivity contribution < 1.29 is 9.59 Å². The molecule has 0 N–H and O–H groups in total. The number of halogens is 1. The van der Waals surface area contributed by atoms with E-state index in [4.69, 9.17) is 11.6 Å². The van der Waals surface area contributed by atoms with E-state index in [-0.39, 0.29) is 29.8 Å². The average molecular weight is 416 g/mol. The summed E-state index contributed by atoms with van der Waals surface area (Å²) in [5, 5.41) is 0.669. The number of carbonyl (C=O) groups is 2. The molecule has 0 saturated heterocycles. The third kappa shape index (κ3) is 5.02. The van der Waals surface area contributed by atoms with Crippen molar-refractivity contribution in [3.05, 3.63) is 58.9 Å². The summed E-state index contributed by atoms with van der Waals surface area (Å²) in [4.78, 5) is 29.6. The molecule has 0 fully saturated rings. The lowest BCUT2D eigenvalue weighted by Gasteiger charge is -2.38. The smallest absolute Gasteiger partial charge is 0.243 e. The molecule has 29 heavy (non-hydrogen) atoms. The van der Waals surface area contributed by atoms with Crippen molar-refractivity contribution in [2.24, 2.45) is 5.41 Å². The fourth-order valence-corrected chi connectivity index (χ4v) is 3.97. The molecular weight excluding hydrogens is 386 g/mol. The number of likely N-dealkylation sites (N-methyl/N-ethyl adjacent to an activating group) is 1. The summed E-state index contributed by atoms with van der Waals surface area (Å²) in [6.45, 7) is 10.0. The SMILES string of the molecule is CCN(CC(=O)N1CCn2cccc2[C@H]1c1ccc(Cl)cc1)C(=O)CC(C)(C)C. The first kappa shape index (κ1) is 21.4. The molecular formula is C23H30ClN3O2. The maximum absolute atomic E-state index is 13.3. The number of nitrogens with zero attached hydrogens (tertiary/aromatic N) is 3. The minimum absolute atomic E-state index is 0.0248. The minimum atomic E-state index is -0.181. The molecule has 1 aliphatic heterocycles. The van der Waals surface area contributed by atoms with E-state index in [0.717, 1.165) is 17.8 Å². The van der Waals surface area contributed by atoms with E-state index in [1.54, 1.807) is 4.90 Å². The molecule has 2 amide bonds. The van der Waals surface area contributed by atoms with Crippen LogP contribution in [0.2, 0.25) is 5.02 Å². The van der Waals surface area contributed by atoms with Gasteiger partial charge in [-0.2, -0.15) is 0 Å². The van der Waals surface area contributed by atoms with Crippen LogP contribution in [0.3, 0.4) is 0 Å². The number of aromatic nitrogens is 1. The Bertz CT molecular complexity index is 867. The van der Waals surface area contributed by atoms with Gasteiger partial charge in [-0.05, 0) is 42.2 Å². The number of hydrogen-bond acceptors (Lipinski definition) is 2. The Labute approximate surface area is 178 Å². The molecule has 1 aliphatic rings. The van der Waals surface area contributed by atoms with E-state index in [1.807, 2.05) is 69.1 Å². The summed E-state index contributed by atoms with van der Waals surface area (Å²) in [5.74, 6) is -0.00159. The Morgan fingerprint density at radius 2 is 1.83 bits per heavy atom. The van der Waals surface area contributed by atoms with Gasteiger partial charge in [-0.25, -0.2) is 0 Å². The zero-order valence-electron chi connectivity index (χ0n) is 17.7. The highest BCUT2D eigenvalue weighted by atomic mass is 35.5. The number of hydrogen-bond donors (Lipinski definition) is 0. The van der Waals surface area contributed by atoms with Gasteiger partial charge < -0.3 is 14.4 Å². The lowest BCUT2D eigenvalue weighted by Crippen LogP contribution is -2.48. The highest BCUT2D eigenvalue weighted by Crippen LogP contribution is 2.33. The summed E-state index contributed by atoms with van der Waals surface area (Å²) < 4.78 is 2.19. The van der Waals surface area contributed by atoms with Gasteiger partial charge in [-0.3, -0.25) is 9.59 Å². The molecule has 1 aromatic heterocycles. The van der Waals surface area contributed by atoms with Crippen molar-refractivity contribution in [1.29, 1.82) is 0 Å². The average Bonchev–Trinajstić information content (AvgIpc) is 3.13. The zero-order chi connectivity index (χ0) is 21.2. The van der Waals surface area contributed by atoms with Crippen LogP contribution in [0.5, 0.6) is 0 Å². The Morgan fingerprint density at radius 3 is 2.45 bits per heavy atom. The molecule has 0 radical (unpaired) electrons. The maximum Gasteiger partial charge on any atom is 0.243 e. The number of benzene rings is 1. The van der Waals surface area contributed by atoms with Gasteiger partial charge >= 0.3 is 0 Å². The van der Waals surface area contributed by atoms with E-state index in [2.05, 4.69) is 10.6 Å². The Hall–Kier alpha value is -2.27. The van der Waals surface area contributed by atoms with Gasteiger partial charge in [0.1, 0.15) is 0 Å². The summed E-state index contributed by atoms with van der Waals surface area (Å²) >= 11 is 6.07. The first-order valence-electron chi connectivity index (χ1n) is 10.2. The van der Waals surface area contributed by atoms with E-state index in [9.17, 15) is 9.59 Å². The molecule has 156 valence electrons. The van der Waals surface area contributed by atoms with Crippen LogP contribution >= 0.6 is 11.6 Å². The molecule has 3 rings (SSSR count). The van der Waals surface area contributed by atoms with Crippen LogP contribution in [0.15, 0.2) is 42.6 Å². The molecule has 0 aliphatic carbocycles. The lowest BCUT2D eigenvalue weighted by molar-refractivity contribution is -0.142. The summed E-state index contributed by atoms with van der Waals surface area (Å²) in [6.07, 6.45) is 2.48. The topological polar surface area (TPSA) is 45.6 Å². The fourth-order valence-electron chi connectivity index (χ4n) is 3.84. The zero-order valence-corrected chi connectivity index (χ0v) is 18.4. The maximum atomic E-state index is 13.3. The largest absolute Gasteiger partial charge is 0.348 e. The summed E-state index contributed by atoms with van der Waals surface area (Å²) in [5.41, 5.74) is 1.99. The van der Waals surface area contributed by atoms with E-state index in [1.165, 1.54) is 0 Å². The summed E-state index contributed by atoms with van der Waals surface area (Å²) in [7, 11) is 0. The van der Waals surface area contributed by atoms with E-state index < -0.39 is 0 Å². The quantitative estimate of drug-likeness (QED) is 0.728. The standard InChI is InChI=1S/C23H30ClN3O2/c1-5-25(20(28)15-23(2,3)4)16-21(29)27-14-13-26-12-6-7-19(26)22(27)17-8-10-18(24)11-9-17/h6-12,22H,5,13-16H2,1-4H3/t22-/m1/s1. The summed E-state index contributed by atoms with van der Waals surface area (Å²) in [6, 6.07) is 11.5. The number of rotatable bonds is 5. The first-order valence-corrected chi connectivity index (χ1v) is 10.5. The van der Waals surface area contributed by atoms with Crippen LogP contribution in [0.25, 0.3) is 0 Å². The van der Waals surface area contributed by atoms with Crippen LogP contribution in [0.1, 0.15) is 51.4 Å². The molecule has 5 nitrogen and oxygen atoms in total. The number of amides is 2. The molecule has 1 atom stereocenters. The molecule has 6 heteroatoms. The van der Waals surface area contributed by atoms with Gasteiger partial charge in [-0.1, -0.05) is 44.5 Å². The van der Waals surface area contributed by atoms with Crippen molar-refractivity contribution in [3.63, 3.8) is 0 Å². The molecule has 0 unspecified atom stereocenters. The van der Waals surface area contributed by atoms with Crippen LogP contribution in [-0.4, -0.2) is 45.8 Å². The molecule has 2 aromatic rings. The highest BCUT2D eigenvalue weighted by Gasteiger charge is 2.33. The normalized spacial score (nSPS) is 16.4. The third-order valence-corrected chi connectivity index (χ3v) is 5.54. The van der Waals surface area contributed by atoms with Crippen LogP contribution in [0, 0.1) is 5.41 Å². The minimum Gasteiger partial charge on any atom is -0.348 e. The van der Waals surface area contributed by atoms with Crippen molar-refractivity contribution >= 4 is 23.4 Å². The number of carbonyl (C=O) groups excluding carboxylic acids is 2. The predicted octanol–water partition coefficient (Wildman–Crippen LogP) is 4.36. The Morgan fingerprint density at radius 1 is 1.14 bits per heavy atom. The van der Waals surface area contributed by atoms with Gasteiger partial charge in [0.05, 0.1) is 12.6 Å². The molecule has 0 spiro atoms. The van der Waals surface area contributed by atoms with Gasteiger partial charge in [0.2, 0.25) is 11.8 Å². The van der Waals surface area contributed by atoms with Crippen molar-refractivity contribution in [2.45, 2.75) is 46.7 Å². The monoisotopic (exact) mass is 415 g/mol. The second kappa shape index (κ2) is 8.62. The molecule has 2 heterocycles. The fraction of sp³-hybridized carbons (Fsp3) is 0.478. The van der Waals surface area contributed by atoms with E-state index >= 15 is 0 Å². The van der Waals surface area contributed by atoms with Crippen LogP contribution in [-0.2, 0) is 16.1 Å². The van der Waals surface area contributed by atoms with Gasteiger partial charge in [-0.15, -0.1) is 0 Å². The third-order valence-electron chi connectivity index (χ3n) is 5.29. The molecule has 0 bridgehead atoms. The second-order valence-corrected chi connectivity index (χ2v) is 9.25. The van der Waals surface area contributed by atoms with Crippen LogP contribution in [0.4, 0.5) is 0 Å². The van der Waals surface area contributed by atoms with Crippen LogP contribution < -0.4 is 0 Å². The molecule has 1 aromatic carbocycles. The highest BCUT2D eigenvalue weighted by molar-refractivity contribution is 6.30. The predicted molar refractivity (Wildman–Crippen MR) is 116 cm³/mol. The van der Waals surface area contributed by atoms with Crippen molar-refractivity contribution in [2.75, 3.05) is 19.6 Å². The molecule has 0 saturated carbocycles. The van der Waals surface area contributed by atoms with Gasteiger partial charge in [0, 0.05) is 43.0 Å². The Kier molecular flexibility index (Phi) is 6.37. The van der Waals surface area contributed by atoms with Gasteiger partial charge in [0.15, 0.2) is 0 Å². The Balaban J connectivity index is 1.84. The first-order chi connectivity index (χ1) is 13.7. The lowest BCUT2D eigenvalue weighted by atomic mass is 9.91. The van der Waals surface area contributed by atoms with Gasteiger partial charge in [0.25, 0.3) is 0 Å². The van der Waals surface area contributed by atoms with Crippen molar-refractivity contribution in [1.82, 2.24) is 14.4 Å². The van der Waals surface area contributed by atoms with Crippen molar-refractivity contribution in [3.8, 4) is 0 Å². The number of fused-ring (bicyclic) bond motifs is 1.